The summed E-state index contributed by atoms with van der Waals surface area (Å²) in [6.45, 7) is 1.34. The number of aliphatic carboxylic acids is 3. The number of allylic oxidation sites excluding steroid dienone is 5. The number of carboxylic acid groups (broad SMARTS) is 3. The number of hydrogen-bond acceptors (Lipinski definition) is 8. The van der Waals surface area contributed by atoms with Crippen molar-refractivity contribution in [3.63, 3.8) is 0 Å². The molecule has 0 radical (unpaired) electrons. The van der Waals surface area contributed by atoms with Crippen molar-refractivity contribution in [2.75, 3.05) is 12.3 Å². The van der Waals surface area contributed by atoms with E-state index in [0.717, 1.165) is 23.8 Å². The Labute approximate surface area is 258 Å². The third-order valence-corrected chi connectivity index (χ3v) is 6.66. The summed E-state index contributed by atoms with van der Waals surface area (Å²) in [5.74, 6) is -5.68. The number of amides is 2. The highest BCUT2D eigenvalue weighted by Crippen LogP contribution is 2.15. The molecule has 13 heteroatoms. The molecule has 0 rings (SSSR count). The van der Waals surface area contributed by atoms with Crippen LogP contribution in [0.2, 0.25) is 0 Å². The van der Waals surface area contributed by atoms with Crippen molar-refractivity contribution in [1.82, 2.24) is 10.2 Å². The molecule has 0 bridgehead atoms. The SMILES string of the molecule is CCCCCCCCC=CC=CC=CC([C@@H](O)CC=CC(=O)O)N(CC(=O)O)C(=O)C(CS)NC(=O)CCC(N)C(=O)O. The molecule has 0 spiro atoms. The Balaban J connectivity index is 5.72. The van der Waals surface area contributed by atoms with E-state index in [1.165, 1.54) is 50.3 Å². The van der Waals surface area contributed by atoms with Crippen molar-refractivity contribution < 1.29 is 44.4 Å². The Bertz CT molecular complexity index is 997. The van der Waals surface area contributed by atoms with Crippen LogP contribution in [0.25, 0.3) is 0 Å². The Kier molecular flexibility index (Phi) is 22.2. The monoisotopic (exact) mass is 625 g/mol. The van der Waals surface area contributed by atoms with Gasteiger partial charge in [-0.3, -0.25) is 19.2 Å². The molecule has 7 N–H and O–H groups in total. The van der Waals surface area contributed by atoms with E-state index < -0.39 is 60.5 Å². The van der Waals surface area contributed by atoms with Gasteiger partial charge in [0.25, 0.3) is 0 Å². The van der Waals surface area contributed by atoms with Crippen LogP contribution in [0.3, 0.4) is 0 Å². The first kappa shape index (κ1) is 39.6. The molecule has 0 aromatic heterocycles. The molecule has 12 nitrogen and oxygen atoms in total. The minimum absolute atomic E-state index is 0.187. The third kappa shape index (κ3) is 19.4. The number of unbranched alkanes of at least 4 members (excludes halogenated alkanes) is 6. The summed E-state index contributed by atoms with van der Waals surface area (Å²) in [5, 5.41) is 40.6. The van der Waals surface area contributed by atoms with Crippen LogP contribution in [0.5, 0.6) is 0 Å². The van der Waals surface area contributed by atoms with Crippen LogP contribution in [0.4, 0.5) is 0 Å². The van der Waals surface area contributed by atoms with Gasteiger partial charge in [0.1, 0.15) is 18.6 Å². The number of thiol groups is 1. The molecule has 0 saturated heterocycles. The summed E-state index contributed by atoms with van der Waals surface area (Å²) in [6.07, 6.45) is 18.3. The van der Waals surface area contributed by atoms with Crippen LogP contribution in [0.1, 0.15) is 71.1 Å². The zero-order chi connectivity index (χ0) is 32.6. The summed E-state index contributed by atoms with van der Waals surface area (Å²) in [6, 6.07) is -3.78. The van der Waals surface area contributed by atoms with Crippen LogP contribution < -0.4 is 11.1 Å². The van der Waals surface area contributed by atoms with Gasteiger partial charge < -0.3 is 36.4 Å². The van der Waals surface area contributed by atoms with E-state index in [0.29, 0.717) is 0 Å². The van der Waals surface area contributed by atoms with E-state index in [1.807, 2.05) is 12.2 Å². The van der Waals surface area contributed by atoms with Gasteiger partial charge in [-0.15, -0.1) is 0 Å². The van der Waals surface area contributed by atoms with Crippen molar-refractivity contribution in [2.24, 2.45) is 5.73 Å². The molecule has 242 valence electrons. The molecular formula is C30H47N3O9S. The van der Waals surface area contributed by atoms with Gasteiger partial charge in [-0.2, -0.15) is 12.6 Å². The molecule has 0 aliphatic heterocycles. The number of carbonyl (C=O) groups is 5. The lowest BCUT2D eigenvalue weighted by molar-refractivity contribution is -0.148. The van der Waals surface area contributed by atoms with Gasteiger partial charge in [0.05, 0.1) is 12.1 Å². The number of nitrogens with zero attached hydrogens (tertiary/aromatic N) is 1. The number of aliphatic hydroxyl groups is 1. The van der Waals surface area contributed by atoms with Crippen LogP contribution in [0, 0.1) is 0 Å². The van der Waals surface area contributed by atoms with Crippen molar-refractivity contribution in [3.05, 3.63) is 48.6 Å². The standard InChI is InChI=1S/C30H47N3O9S/c1-2-3-4-5-6-7-8-9-10-11-12-13-15-24(25(34)16-14-17-27(36)37)33(20-28(38)39)29(40)23(21-43)32-26(35)19-18-22(31)30(41)42/h9-15,17,22-25,34,43H,2-8,16,18-21,31H2,1H3,(H,32,35)(H,36,37)(H,38,39)(H,41,42)/t22?,23?,24?,25-/m0/s1. The average molecular weight is 626 g/mol. The van der Waals surface area contributed by atoms with Gasteiger partial charge in [-0.05, 0) is 25.7 Å². The molecular weight excluding hydrogens is 578 g/mol. The molecule has 0 aliphatic carbocycles. The van der Waals surface area contributed by atoms with Crippen LogP contribution >= 0.6 is 12.6 Å². The van der Waals surface area contributed by atoms with Gasteiger partial charge in [0.15, 0.2) is 0 Å². The van der Waals surface area contributed by atoms with E-state index in [1.54, 1.807) is 12.2 Å². The van der Waals surface area contributed by atoms with Crippen molar-refractivity contribution in [2.45, 2.75) is 95.4 Å². The minimum atomic E-state index is -1.39. The van der Waals surface area contributed by atoms with Crippen molar-refractivity contribution in [1.29, 1.82) is 0 Å². The Morgan fingerprint density at radius 3 is 2.19 bits per heavy atom. The van der Waals surface area contributed by atoms with E-state index >= 15 is 0 Å². The first-order chi connectivity index (χ1) is 20.4. The molecule has 0 fully saturated rings. The van der Waals surface area contributed by atoms with Gasteiger partial charge in [0.2, 0.25) is 11.8 Å². The highest BCUT2D eigenvalue weighted by atomic mass is 32.1. The highest BCUT2D eigenvalue weighted by molar-refractivity contribution is 7.80. The van der Waals surface area contributed by atoms with E-state index in [-0.39, 0.29) is 25.0 Å². The number of nitrogens with two attached hydrogens (primary N) is 1. The summed E-state index contributed by atoms with van der Waals surface area (Å²) in [4.78, 5) is 60.1. The maximum absolute atomic E-state index is 13.4. The molecule has 4 atom stereocenters. The summed E-state index contributed by atoms with van der Waals surface area (Å²) in [7, 11) is 0. The predicted molar refractivity (Wildman–Crippen MR) is 167 cm³/mol. The lowest BCUT2D eigenvalue weighted by Crippen LogP contribution is -2.56. The average Bonchev–Trinajstić information content (AvgIpc) is 2.95. The normalized spacial score (nSPS) is 14.7. The maximum Gasteiger partial charge on any atom is 0.327 e. The first-order valence-electron chi connectivity index (χ1n) is 14.4. The largest absolute Gasteiger partial charge is 0.480 e. The lowest BCUT2D eigenvalue weighted by atomic mass is 10.0. The van der Waals surface area contributed by atoms with Gasteiger partial charge >= 0.3 is 17.9 Å². The second-order valence-corrected chi connectivity index (χ2v) is 10.3. The number of rotatable bonds is 24. The van der Waals surface area contributed by atoms with E-state index in [9.17, 15) is 34.2 Å². The number of carboxylic acids is 3. The first-order valence-corrected chi connectivity index (χ1v) is 15.1. The predicted octanol–water partition coefficient (Wildman–Crippen LogP) is 2.69. The quantitative estimate of drug-likeness (QED) is 0.0361. The molecule has 43 heavy (non-hydrogen) atoms. The Morgan fingerprint density at radius 1 is 0.930 bits per heavy atom. The van der Waals surface area contributed by atoms with E-state index in [2.05, 4.69) is 24.9 Å². The van der Waals surface area contributed by atoms with Gasteiger partial charge in [0, 0.05) is 18.2 Å². The minimum Gasteiger partial charge on any atom is -0.480 e. The zero-order valence-electron chi connectivity index (χ0n) is 24.7. The van der Waals surface area contributed by atoms with Crippen LogP contribution in [-0.2, 0) is 24.0 Å². The summed E-state index contributed by atoms with van der Waals surface area (Å²) >= 11 is 4.11. The molecule has 3 unspecified atom stereocenters. The summed E-state index contributed by atoms with van der Waals surface area (Å²) in [5.41, 5.74) is 5.42. The smallest absolute Gasteiger partial charge is 0.327 e. The van der Waals surface area contributed by atoms with Crippen molar-refractivity contribution in [3.8, 4) is 0 Å². The van der Waals surface area contributed by atoms with Gasteiger partial charge in [-0.25, -0.2) is 4.79 Å². The topological polar surface area (TPSA) is 208 Å². The molecule has 0 heterocycles. The fraction of sp³-hybridized carbons (Fsp3) is 0.567. The molecule has 2 amide bonds. The second-order valence-electron chi connectivity index (χ2n) is 9.93. The number of aliphatic hydroxyl groups excluding tert-OH is 1. The number of carbonyl (C=O) groups excluding carboxylic acids is 2. The second kappa shape index (κ2) is 24.1. The third-order valence-electron chi connectivity index (χ3n) is 6.30. The number of hydrogen-bond donors (Lipinski definition) is 7. The van der Waals surface area contributed by atoms with Crippen molar-refractivity contribution >= 4 is 42.4 Å². The molecule has 0 saturated carbocycles. The lowest BCUT2D eigenvalue weighted by Gasteiger charge is -2.34. The zero-order valence-corrected chi connectivity index (χ0v) is 25.6. The Morgan fingerprint density at radius 2 is 1.58 bits per heavy atom. The van der Waals surface area contributed by atoms with E-state index in [4.69, 9.17) is 15.9 Å². The fourth-order valence-electron chi connectivity index (χ4n) is 3.95. The van der Waals surface area contributed by atoms with Crippen LogP contribution in [-0.4, -0.2) is 91.6 Å². The molecule has 0 aromatic rings. The molecule has 0 aliphatic rings. The highest BCUT2D eigenvalue weighted by Gasteiger charge is 2.33. The maximum atomic E-state index is 13.4. The van der Waals surface area contributed by atoms with Gasteiger partial charge in [-0.1, -0.05) is 81.6 Å². The van der Waals surface area contributed by atoms with Crippen LogP contribution in [0.15, 0.2) is 48.6 Å². The fourth-order valence-corrected chi connectivity index (χ4v) is 4.20. The Hall–Kier alpha value is -3.42. The summed E-state index contributed by atoms with van der Waals surface area (Å²) < 4.78 is 0. The number of nitrogens with one attached hydrogen (secondary N) is 1. The molecule has 0 aromatic carbocycles.